The van der Waals surface area contributed by atoms with Crippen LogP contribution in [0.5, 0.6) is 5.75 Å². The molecule has 0 saturated carbocycles. The average molecular weight is 595 g/mol. The van der Waals surface area contributed by atoms with E-state index in [1.54, 1.807) is 24.3 Å². The number of amides is 3. The normalized spacial score (nSPS) is 14.6. The van der Waals surface area contributed by atoms with Gasteiger partial charge in [-0.15, -0.1) is 18.3 Å². The first-order valence-corrected chi connectivity index (χ1v) is 13.8. The number of thioether (sulfide) groups is 1. The van der Waals surface area contributed by atoms with Gasteiger partial charge < -0.3 is 10.1 Å². The summed E-state index contributed by atoms with van der Waals surface area (Å²) >= 11 is 1.21. The zero-order valence-electron chi connectivity index (χ0n) is 22.7. The molecule has 0 bridgehead atoms. The van der Waals surface area contributed by atoms with Crippen LogP contribution in [0, 0.1) is 6.92 Å². The van der Waals surface area contributed by atoms with Gasteiger partial charge in [-0.1, -0.05) is 37.7 Å². The first-order chi connectivity index (χ1) is 20.0. The quantitative estimate of drug-likeness (QED) is 0.260. The molecule has 13 heteroatoms. The van der Waals surface area contributed by atoms with Crippen LogP contribution < -0.4 is 15.0 Å². The zero-order valence-corrected chi connectivity index (χ0v) is 23.5. The van der Waals surface area contributed by atoms with E-state index in [2.05, 4.69) is 39.0 Å². The number of urea groups is 1. The highest BCUT2D eigenvalue weighted by molar-refractivity contribution is 8.15. The Bertz CT molecular complexity index is 1650. The van der Waals surface area contributed by atoms with E-state index in [0.29, 0.717) is 27.9 Å². The van der Waals surface area contributed by atoms with Crippen molar-refractivity contribution in [1.82, 2.24) is 14.8 Å². The van der Waals surface area contributed by atoms with Crippen LogP contribution in [0.4, 0.5) is 29.3 Å². The number of aliphatic imine (C=N–C) groups is 1. The highest BCUT2D eigenvalue weighted by Gasteiger charge is 2.33. The number of amidine groups is 1. The molecule has 5 rings (SSSR count). The topological polar surface area (TPSA) is 102 Å². The van der Waals surface area contributed by atoms with Crippen LogP contribution in [0.15, 0.2) is 78.0 Å². The van der Waals surface area contributed by atoms with Crippen molar-refractivity contribution in [2.45, 2.75) is 33.1 Å². The first-order valence-electron chi connectivity index (χ1n) is 12.8. The highest BCUT2D eigenvalue weighted by Crippen LogP contribution is 2.35. The van der Waals surface area contributed by atoms with Crippen molar-refractivity contribution in [3.8, 4) is 22.8 Å². The second-order valence-corrected chi connectivity index (χ2v) is 10.6. The number of ether oxygens (including phenoxy) is 1. The summed E-state index contributed by atoms with van der Waals surface area (Å²) < 4.78 is 42.5. The number of carbonyl (C=O) groups excluding carboxylic acids is 2. The number of halogens is 3. The van der Waals surface area contributed by atoms with Crippen molar-refractivity contribution in [2.24, 2.45) is 4.99 Å². The lowest BCUT2D eigenvalue weighted by molar-refractivity contribution is -0.274. The molecule has 0 spiro atoms. The number of hydrogen-bond acceptors (Lipinski definition) is 6. The van der Waals surface area contributed by atoms with Gasteiger partial charge in [-0.05, 0) is 78.6 Å². The van der Waals surface area contributed by atoms with Gasteiger partial charge >= 0.3 is 12.4 Å². The largest absolute Gasteiger partial charge is 0.573 e. The fourth-order valence-electron chi connectivity index (χ4n) is 4.55. The summed E-state index contributed by atoms with van der Waals surface area (Å²) in [6.07, 6.45) is -3.33. The molecule has 1 saturated heterocycles. The fourth-order valence-corrected chi connectivity index (χ4v) is 5.41. The molecule has 0 radical (unpaired) electrons. The lowest BCUT2D eigenvalue weighted by Gasteiger charge is -2.23. The van der Waals surface area contributed by atoms with Crippen LogP contribution in [-0.2, 0) is 4.79 Å². The number of hydrogen-bond donors (Lipinski definition) is 1. The molecule has 1 aliphatic rings. The lowest BCUT2D eigenvalue weighted by Crippen LogP contribution is -2.31. The van der Waals surface area contributed by atoms with Crippen molar-refractivity contribution in [2.75, 3.05) is 16.0 Å². The fraction of sp³-hybridized carbons (Fsp3) is 0.207. The Morgan fingerprint density at radius 3 is 2.45 bits per heavy atom. The van der Waals surface area contributed by atoms with Crippen LogP contribution in [0.2, 0.25) is 0 Å². The van der Waals surface area contributed by atoms with Crippen molar-refractivity contribution < 1.29 is 27.5 Å². The summed E-state index contributed by atoms with van der Waals surface area (Å²) in [5.74, 6) is 0.265. The van der Waals surface area contributed by atoms with Gasteiger partial charge in [0.1, 0.15) is 12.1 Å². The molecule has 3 amide bonds. The summed E-state index contributed by atoms with van der Waals surface area (Å²) in [6.45, 7) is 6.11. The predicted octanol–water partition coefficient (Wildman–Crippen LogP) is 6.93. The summed E-state index contributed by atoms with van der Waals surface area (Å²) in [6, 6.07) is 17.1. The zero-order chi connectivity index (χ0) is 30.0. The van der Waals surface area contributed by atoms with Crippen molar-refractivity contribution in [3.63, 3.8) is 0 Å². The van der Waals surface area contributed by atoms with Crippen LogP contribution in [0.25, 0.3) is 17.1 Å². The number of nitrogens with zero attached hydrogens (tertiary/aromatic N) is 5. The number of nitrogens with one attached hydrogen (secondary N) is 1. The standard InChI is InChI=1S/C29H25F3N6O3S/c1-17(2)25-18(3)5-4-6-23(25)38-24(39)15-42-28(38)35-27(40)34-20-9-7-19(8-10-20)26-33-16-37(36-26)21-11-13-22(14-12-21)41-29(30,31)32/h4-14,16-17H,15H2,1-3H3,(H,34,40)/b35-28-. The molecule has 1 N–H and O–H groups in total. The number of alkyl halides is 3. The van der Waals surface area contributed by atoms with Crippen LogP contribution in [-0.4, -0.2) is 44.0 Å². The van der Waals surface area contributed by atoms with E-state index < -0.39 is 12.4 Å². The molecule has 1 fully saturated rings. The van der Waals surface area contributed by atoms with Crippen molar-refractivity contribution in [3.05, 3.63) is 84.2 Å². The summed E-state index contributed by atoms with van der Waals surface area (Å²) in [5, 5.41) is 7.41. The number of anilines is 2. The number of aryl methyl sites for hydroxylation is 1. The van der Waals surface area contributed by atoms with Crippen LogP contribution in [0.3, 0.4) is 0 Å². The summed E-state index contributed by atoms with van der Waals surface area (Å²) in [7, 11) is 0. The minimum absolute atomic E-state index is 0.138. The Balaban J connectivity index is 1.27. The molecule has 0 unspecified atom stereocenters. The van der Waals surface area contributed by atoms with Gasteiger partial charge in [-0.25, -0.2) is 14.5 Å². The Morgan fingerprint density at radius 1 is 1.07 bits per heavy atom. The van der Waals surface area contributed by atoms with Gasteiger partial charge in [0, 0.05) is 11.3 Å². The van der Waals surface area contributed by atoms with Gasteiger partial charge in [0.15, 0.2) is 11.0 Å². The summed E-state index contributed by atoms with van der Waals surface area (Å²) in [5.41, 5.74) is 4.44. The average Bonchev–Trinajstić information content (AvgIpc) is 3.55. The molecular weight excluding hydrogens is 569 g/mol. The number of rotatable bonds is 6. The molecule has 42 heavy (non-hydrogen) atoms. The van der Waals surface area contributed by atoms with Crippen LogP contribution >= 0.6 is 11.8 Å². The molecule has 3 aromatic carbocycles. The van der Waals surface area contributed by atoms with E-state index in [0.717, 1.165) is 16.8 Å². The number of carbonyl (C=O) groups is 2. The number of benzene rings is 3. The SMILES string of the molecule is Cc1cccc(N2C(=O)CS/C2=N\C(=O)Nc2ccc(-c3ncn(-c4ccc(OC(F)(F)F)cc4)n3)cc2)c1C(C)C. The Kier molecular flexibility index (Phi) is 8.03. The lowest BCUT2D eigenvalue weighted by atomic mass is 9.95. The maximum absolute atomic E-state index is 12.8. The molecule has 9 nitrogen and oxygen atoms in total. The molecule has 216 valence electrons. The summed E-state index contributed by atoms with van der Waals surface area (Å²) in [4.78, 5) is 35.5. The molecule has 1 aromatic heterocycles. The van der Waals surface area contributed by atoms with Gasteiger partial charge in [-0.2, -0.15) is 4.99 Å². The van der Waals surface area contributed by atoms with Gasteiger partial charge in [0.2, 0.25) is 5.91 Å². The molecular formula is C29H25F3N6O3S. The minimum atomic E-state index is -4.77. The predicted molar refractivity (Wildman–Crippen MR) is 155 cm³/mol. The van der Waals surface area contributed by atoms with E-state index >= 15 is 0 Å². The molecule has 2 heterocycles. The van der Waals surface area contributed by atoms with Gasteiger partial charge in [-0.3, -0.25) is 9.69 Å². The smallest absolute Gasteiger partial charge is 0.406 e. The molecule has 0 atom stereocenters. The Hall–Kier alpha value is -4.65. The Labute approximate surface area is 243 Å². The van der Waals surface area contributed by atoms with E-state index in [4.69, 9.17) is 0 Å². The maximum Gasteiger partial charge on any atom is 0.573 e. The maximum atomic E-state index is 12.8. The molecule has 4 aromatic rings. The highest BCUT2D eigenvalue weighted by atomic mass is 32.2. The third kappa shape index (κ3) is 6.46. The van der Waals surface area contributed by atoms with Gasteiger partial charge in [0.25, 0.3) is 0 Å². The van der Waals surface area contributed by atoms with E-state index in [1.807, 2.05) is 25.1 Å². The Morgan fingerprint density at radius 2 is 1.79 bits per heavy atom. The van der Waals surface area contributed by atoms with E-state index in [-0.39, 0.29) is 23.3 Å². The molecule has 1 aliphatic heterocycles. The minimum Gasteiger partial charge on any atom is -0.406 e. The van der Waals surface area contributed by atoms with Crippen molar-refractivity contribution >= 4 is 40.2 Å². The number of aromatic nitrogens is 3. The first kappa shape index (κ1) is 28.9. The second kappa shape index (κ2) is 11.7. The second-order valence-electron chi connectivity index (χ2n) is 9.64. The van der Waals surface area contributed by atoms with Crippen LogP contribution in [0.1, 0.15) is 30.9 Å². The van der Waals surface area contributed by atoms with Gasteiger partial charge in [0.05, 0.1) is 17.1 Å². The van der Waals surface area contributed by atoms with Crippen molar-refractivity contribution in [1.29, 1.82) is 0 Å². The third-order valence-corrected chi connectivity index (χ3v) is 7.23. The van der Waals surface area contributed by atoms with E-state index in [1.165, 1.54) is 51.9 Å². The molecule has 0 aliphatic carbocycles. The third-order valence-electron chi connectivity index (χ3n) is 6.30. The van der Waals surface area contributed by atoms with E-state index in [9.17, 15) is 22.8 Å². The monoisotopic (exact) mass is 594 g/mol.